The van der Waals surface area contributed by atoms with Crippen molar-refractivity contribution in [2.75, 3.05) is 13.1 Å². The van der Waals surface area contributed by atoms with Crippen LogP contribution in [0, 0.1) is 58.2 Å². The smallest absolute Gasteiger partial charge is 0.331 e. The number of nitrogens with zero attached hydrogens (tertiary/aromatic N) is 3. The standard InChI is InChI=1S/C27H17F10N5O5/c1-9(38)40-41-27(39)11-4-2-10(3-5-11)6-12(43)42(7-13(44)46-25-21(34)17(30)15(28)18(31)22(25)35)8-14(45)47-26-23(36)19(32)16(29)20(33)24(26)37/h2-5H,6-8H2,1H3,(H2,38,40)(H2,39,41). The number of hydrogen-bond acceptors (Lipinski definition) is 7. The van der Waals surface area contributed by atoms with Crippen molar-refractivity contribution in [3.8, 4) is 11.5 Å². The predicted molar refractivity (Wildman–Crippen MR) is 138 cm³/mol. The summed E-state index contributed by atoms with van der Waals surface area (Å²) in [5, 5.41) is 7.19. The second-order valence-electron chi connectivity index (χ2n) is 9.10. The van der Waals surface area contributed by atoms with Gasteiger partial charge in [0.25, 0.3) is 0 Å². The summed E-state index contributed by atoms with van der Waals surface area (Å²) >= 11 is 0. The summed E-state index contributed by atoms with van der Waals surface area (Å²) in [6, 6.07) is 5.24. The number of halogens is 10. The van der Waals surface area contributed by atoms with E-state index in [0.29, 0.717) is 0 Å². The number of amidine groups is 2. The van der Waals surface area contributed by atoms with E-state index in [2.05, 4.69) is 19.7 Å². The molecule has 0 aliphatic heterocycles. The molecule has 0 atom stereocenters. The van der Waals surface area contributed by atoms with Crippen LogP contribution in [0.3, 0.4) is 0 Å². The van der Waals surface area contributed by atoms with Crippen molar-refractivity contribution in [2.45, 2.75) is 13.3 Å². The van der Waals surface area contributed by atoms with E-state index in [1.807, 2.05) is 0 Å². The molecule has 0 radical (unpaired) electrons. The van der Waals surface area contributed by atoms with Crippen molar-refractivity contribution in [3.05, 3.63) is 93.6 Å². The van der Waals surface area contributed by atoms with Gasteiger partial charge in [0.15, 0.2) is 5.84 Å². The minimum absolute atomic E-state index is 0.0765. The van der Waals surface area contributed by atoms with Crippen molar-refractivity contribution in [3.63, 3.8) is 0 Å². The number of esters is 2. The minimum atomic E-state index is -2.59. The van der Waals surface area contributed by atoms with E-state index in [-0.39, 0.29) is 27.7 Å². The Hall–Kier alpha value is -5.69. The predicted octanol–water partition coefficient (Wildman–Crippen LogP) is 3.66. The zero-order chi connectivity index (χ0) is 35.3. The molecule has 0 aromatic heterocycles. The monoisotopic (exact) mass is 681 g/mol. The van der Waals surface area contributed by atoms with E-state index in [9.17, 15) is 58.3 Å². The van der Waals surface area contributed by atoms with Crippen LogP contribution in [-0.2, 0) is 20.8 Å². The fraction of sp³-hybridized carbons (Fsp3) is 0.148. The topological polar surface area (TPSA) is 150 Å². The summed E-state index contributed by atoms with van der Waals surface area (Å²) in [5.41, 5.74) is 11.5. The molecular weight excluding hydrogens is 664 g/mol. The highest BCUT2D eigenvalue weighted by Crippen LogP contribution is 2.30. The van der Waals surface area contributed by atoms with Gasteiger partial charge in [-0.15, -0.1) is 10.2 Å². The molecule has 20 heteroatoms. The average molecular weight is 681 g/mol. The molecule has 0 aliphatic rings. The number of rotatable bonds is 10. The van der Waals surface area contributed by atoms with Gasteiger partial charge in [-0.3, -0.25) is 4.79 Å². The Labute approximate surface area is 255 Å². The Kier molecular flexibility index (Phi) is 11.1. The minimum Gasteiger partial charge on any atom is -0.419 e. The molecule has 4 N–H and O–H groups in total. The quantitative estimate of drug-likeness (QED) is 0.0485. The molecule has 10 nitrogen and oxygen atoms in total. The third kappa shape index (κ3) is 8.13. The van der Waals surface area contributed by atoms with Crippen LogP contribution in [0.5, 0.6) is 11.5 Å². The van der Waals surface area contributed by atoms with Crippen LogP contribution in [0.4, 0.5) is 43.9 Å². The van der Waals surface area contributed by atoms with Gasteiger partial charge in [-0.2, -0.15) is 17.6 Å². The number of carbonyl (C=O) groups excluding carboxylic acids is 3. The van der Waals surface area contributed by atoms with Gasteiger partial charge in [-0.05, 0) is 12.5 Å². The lowest BCUT2D eigenvalue weighted by molar-refractivity contribution is -0.147. The summed E-state index contributed by atoms with van der Waals surface area (Å²) in [5.74, 6) is -34.7. The van der Waals surface area contributed by atoms with Gasteiger partial charge in [0.1, 0.15) is 18.9 Å². The number of hydrogen-bond donors (Lipinski definition) is 2. The highest BCUT2D eigenvalue weighted by atomic mass is 19.2. The first-order chi connectivity index (χ1) is 21.9. The molecule has 0 saturated heterocycles. The fourth-order valence-corrected chi connectivity index (χ4v) is 3.46. The van der Waals surface area contributed by atoms with E-state index >= 15 is 0 Å². The number of carbonyl (C=O) groups is 3. The van der Waals surface area contributed by atoms with Crippen LogP contribution in [0.2, 0.25) is 0 Å². The molecule has 1 amide bonds. The van der Waals surface area contributed by atoms with Crippen molar-refractivity contribution in [1.82, 2.24) is 4.90 Å². The molecule has 250 valence electrons. The molecule has 0 spiro atoms. The van der Waals surface area contributed by atoms with E-state index < -0.39 is 107 Å². The maximum atomic E-state index is 14.0. The Bertz CT molecular complexity index is 1670. The second kappa shape index (κ2) is 14.6. The third-order valence-electron chi connectivity index (χ3n) is 5.68. The first-order valence-corrected chi connectivity index (χ1v) is 12.4. The van der Waals surface area contributed by atoms with E-state index in [4.69, 9.17) is 11.5 Å². The van der Waals surface area contributed by atoms with Crippen LogP contribution in [-0.4, -0.2) is 47.5 Å². The third-order valence-corrected chi connectivity index (χ3v) is 5.68. The van der Waals surface area contributed by atoms with Crippen molar-refractivity contribution in [1.29, 1.82) is 0 Å². The summed E-state index contributed by atoms with van der Waals surface area (Å²) in [4.78, 5) is 38.1. The zero-order valence-electron chi connectivity index (χ0n) is 23.2. The normalized spacial score (nSPS) is 11.8. The molecule has 0 saturated carbocycles. The highest BCUT2D eigenvalue weighted by molar-refractivity contribution is 5.98. The number of benzene rings is 3. The van der Waals surface area contributed by atoms with Crippen LogP contribution >= 0.6 is 0 Å². The summed E-state index contributed by atoms with van der Waals surface area (Å²) in [7, 11) is 0. The van der Waals surface area contributed by atoms with Gasteiger partial charge >= 0.3 is 11.9 Å². The van der Waals surface area contributed by atoms with Crippen LogP contribution < -0.4 is 20.9 Å². The van der Waals surface area contributed by atoms with Gasteiger partial charge in [0, 0.05) is 5.56 Å². The van der Waals surface area contributed by atoms with Crippen LogP contribution in [0.1, 0.15) is 18.1 Å². The second-order valence-corrected chi connectivity index (χ2v) is 9.10. The molecule has 0 fully saturated rings. The maximum Gasteiger partial charge on any atom is 0.331 e. The molecule has 0 aliphatic carbocycles. The Balaban J connectivity index is 1.90. The zero-order valence-corrected chi connectivity index (χ0v) is 23.2. The number of ether oxygens (including phenoxy) is 2. The molecule has 3 rings (SSSR count). The van der Waals surface area contributed by atoms with E-state index in [0.717, 1.165) is 0 Å². The van der Waals surface area contributed by atoms with Crippen molar-refractivity contribution in [2.24, 2.45) is 21.7 Å². The van der Waals surface area contributed by atoms with Gasteiger partial charge in [0.05, 0.1) is 6.42 Å². The van der Waals surface area contributed by atoms with Gasteiger partial charge in [-0.1, -0.05) is 24.3 Å². The highest BCUT2D eigenvalue weighted by Gasteiger charge is 2.32. The molecule has 3 aromatic rings. The number of nitrogens with two attached hydrogens (primary N) is 2. The summed E-state index contributed by atoms with van der Waals surface area (Å²) in [6.45, 7) is -1.60. The van der Waals surface area contributed by atoms with Crippen molar-refractivity contribution < 1.29 is 67.8 Å². The lowest BCUT2D eigenvalue weighted by Gasteiger charge is -2.21. The largest absolute Gasteiger partial charge is 0.419 e. The SMILES string of the molecule is C/C(N)=N/N=C(\N)c1ccc(CC(=O)N(CC(=O)Oc2c(F)c(F)c(F)c(F)c2F)CC(=O)Oc2c(F)c(F)c(F)c(F)c2F)cc1. The molecule has 3 aromatic carbocycles. The molecule has 47 heavy (non-hydrogen) atoms. The maximum absolute atomic E-state index is 14.0. The number of amides is 1. The molecule has 0 heterocycles. The van der Waals surface area contributed by atoms with Gasteiger partial charge in [-0.25, -0.2) is 35.9 Å². The summed E-state index contributed by atoms with van der Waals surface area (Å²) in [6.07, 6.45) is -0.719. The Morgan fingerprint density at radius 3 is 1.34 bits per heavy atom. The summed E-state index contributed by atoms with van der Waals surface area (Å²) < 4.78 is 145. The van der Waals surface area contributed by atoms with E-state index in [1.54, 1.807) is 0 Å². The molecule has 0 bridgehead atoms. The molecular formula is C27H17F10N5O5. The first-order valence-electron chi connectivity index (χ1n) is 12.4. The fourth-order valence-electron chi connectivity index (χ4n) is 3.46. The average Bonchev–Trinajstić information content (AvgIpc) is 3.03. The lowest BCUT2D eigenvalue weighted by Crippen LogP contribution is -2.42. The first kappa shape index (κ1) is 35.8. The lowest BCUT2D eigenvalue weighted by atomic mass is 10.1. The van der Waals surface area contributed by atoms with E-state index in [1.165, 1.54) is 31.2 Å². The Morgan fingerprint density at radius 2 is 0.979 bits per heavy atom. The van der Waals surface area contributed by atoms with Crippen LogP contribution in [0.15, 0.2) is 34.5 Å². The van der Waals surface area contributed by atoms with Gasteiger partial charge in [0.2, 0.25) is 75.6 Å². The van der Waals surface area contributed by atoms with Crippen molar-refractivity contribution >= 4 is 29.5 Å². The molecule has 0 unspecified atom stereocenters. The van der Waals surface area contributed by atoms with Crippen LogP contribution in [0.25, 0.3) is 0 Å². The van der Waals surface area contributed by atoms with Gasteiger partial charge < -0.3 is 25.8 Å². The Morgan fingerprint density at radius 1 is 0.617 bits per heavy atom.